The molecular weight excluding hydrogens is 366 g/mol. The molecule has 1 saturated carbocycles. The Kier molecular flexibility index (Phi) is 5.64. The van der Waals surface area contributed by atoms with E-state index in [4.69, 9.17) is 4.74 Å². The number of benzene rings is 1. The van der Waals surface area contributed by atoms with Gasteiger partial charge in [-0.2, -0.15) is 5.01 Å². The minimum atomic E-state index is -1.53. The van der Waals surface area contributed by atoms with Crippen molar-refractivity contribution in [3.05, 3.63) is 35.9 Å². The number of imide groups is 1. The van der Waals surface area contributed by atoms with Crippen LogP contribution in [-0.2, 0) is 19.1 Å². The third-order valence-corrected chi connectivity index (χ3v) is 5.21. The fraction of sp³-hybridized carbons (Fsp3) is 0.474. The average Bonchev–Trinajstić information content (AvgIpc) is 2.92. The van der Waals surface area contributed by atoms with Crippen LogP contribution in [0.1, 0.15) is 44.3 Å². The summed E-state index contributed by atoms with van der Waals surface area (Å²) in [4.78, 5) is 48.7. The molecular formula is C19H23N3O6. The van der Waals surface area contributed by atoms with Crippen molar-refractivity contribution >= 4 is 23.8 Å². The number of rotatable bonds is 5. The summed E-state index contributed by atoms with van der Waals surface area (Å²) in [7, 11) is 0. The molecule has 1 aromatic rings. The van der Waals surface area contributed by atoms with Crippen LogP contribution in [0.3, 0.4) is 0 Å². The second-order valence-corrected chi connectivity index (χ2v) is 7.29. The van der Waals surface area contributed by atoms with Crippen LogP contribution < -0.4 is 10.7 Å². The van der Waals surface area contributed by atoms with Crippen LogP contribution in [0.4, 0.5) is 4.79 Å². The van der Waals surface area contributed by atoms with E-state index in [1.807, 2.05) is 0 Å². The minimum absolute atomic E-state index is 0.329. The Hall–Kier alpha value is -2.94. The first-order valence-electron chi connectivity index (χ1n) is 9.18. The predicted molar refractivity (Wildman–Crippen MR) is 96.2 cm³/mol. The van der Waals surface area contributed by atoms with Crippen molar-refractivity contribution in [2.24, 2.45) is 5.92 Å². The Morgan fingerprint density at radius 2 is 1.93 bits per heavy atom. The van der Waals surface area contributed by atoms with Gasteiger partial charge < -0.3 is 15.2 Å². The Morgan fingerprint density at radius 1 is 1.29 bits per heavy atom. The van der Waals surface area contributed by atoms with E-state index >= 15 is 0 Å². The number of carbonyl (C=O) groups excluding carboxylic acids is 4. The van der Waals surface area contributed by atoms with Gasteiger partial charge in [-0.05, 0) is 37.2 Å². The molecule has 2 aliphatic rings. The number of urea groups is 1. The maximum Gasteiger partial charge on any atom is 0.344 e. The molecule has 0 bridgehead atoms. The third kappa shape index (κ3) is 3.99. The molecule has 1 saturated heterocycles. The number of esters is 1. The first-order valence-corrected chi connectivity index (χ1v) is 9.18. The lowest BCUT2D eigenvalue weighted by Crippen LogP contribution is -2.52. The van der Waals surface area contributed by atoms with E-state index in [1.165, 1.54) is 0 Å². The molecule has 9 nitrogen and oxygen atoms in total. The van der Waals surface area contributed by atoms with E-state index in [0.717, 1.165) is 12.8 Å². The number of aliphatic hydroxyl groups is 1. The van der Waals surface area contributed by atoms with Crippen molar-refractivity contribution in [3.8, 4) is 0 Å². The highest BCUT2D eigenvalue weighted by Crippen LogP contribution is 2.35. The number of nitrogens with one attached hydrogen (secondary N) is 2. The molecule has 28 heavy (non-hydrogen) atoms. The summed E-state index contributed by atoms with van der Waals surface area (Å²) < 4.78 is 4.78. The van der Waals surface area contributed by atoms with Crippen molar-refractivity contribution in [3.63, 3.8) is 0 Å². The van der Waals surface area contributed by atoms with E-state index in [-0.39, 0.29) is 0 Å². The minimum Gasteiger partial charge on any atom is -0.453 e. The Balaban J connectivity index is 1.53. The van der Waals surface area contributed by atoms with Crippen molar-refractivity contribution in [2.45, 2.75) is 44.2 Å². The highest BCUT2D eigenvalue weighted by Gasteiger charge is 2.52. The number of ether oxygens (including phenoxy) is 1. The summed E-state index contributed by atoms with van der Waals surface area (Å²) in [5, 5.41) is 13.2. The molecule has 4 amide bonds. The van der Waals surface area contributed by atoms with Crippen molar-refractivity contribution in [2.75, 3.05) is 6.61 Å². The molecule has 2 fully saturated rings. The number of nitrogens with zero attached hydrogens (tertiary/aromatic N) is 1. The summed E-state index contributed by atoms with van der Waals surface area (Å²) in [6, 6.07) is 7.42. The van der Waals surface area contributed by atoms with Crippen LogP contribution in [-0.4, -0.2) is 46.1 Å². The zero-order valence-corrected chi connectivity index (χ0v) is 15.5. The summed E-state index contributed by atoms with van der Waals surface area (Å²) in [5.74, 6) is -1.88. The van der Waals surface area contributed by atoms with Gasteiger partial charge in [0.15, 0.2) is 12.7 Å². The molecule has 1 spiro atoms. The van der Waals surface area contributed by atoms with E-state index < -0.39 is 42.1 Å². The molecule has 1 aliphatic heterocycles. The van der Waals surface area contributed by atoms with E-state index in [0.29, 0.717) is 29.3 Å². The van der Waals surface area contributed by atoms with Gasteiger partial charge in [0.25, 0.3) is 11.8 Å². The highest BCUT2D eigenvalue weighted by molar-refractivity contribution is 6.08. The molecule has 0 radical (unpaired) electrons. The summed E-state index contributed by atoms with van der Waals surface area (Å²) in [6.07, 6.45) is 1.12. The smallest absolute Gasteiger partial charge is 0.344 e. The first kappa shape index (κ1) is 19.8. The lowest BCUT2D eigenvalue weighted by Gasteiger charge is -2.33. The van der Waals surface area contributed by atoms with Crippen molar-refractivity contribution < 1.29 is 29.0 Å². The second kappa shape index (κ2) is 7.97. The number of aliphatic hydroxyl groups excluding tert-OH is 1. The normalized spacial score (nSPS) is 25.4. The van der Waals surface area contributed by atoms with Gasteiger partial charge in [-0.1, -0.05) is 37.3 Å². The van der Waals surface area contributed by atoms with E-state index in [2.05, 4.69) is 17.7 Å². The molecule has 1 aromatic carbocycles. The van der Waals surface area contributed by atoms with Gasteiger partial charge in [-0.25, -0.2) is 9.59 Å². The quantitative estimate of drug-likeness (QED) is 0.505. The standard InChI is InChI=1S/C19H23N3O6/c1-12-7-9-19(10-8-12)17(26)22(18(27)20-19)21-14(23)11-28-16(25)15(24)13-5-3-2-4-6-13/h2-6,12,15,24H,7-11H2,1H3,(H,20,27)(H,21,23)/t12?,15-,19?/m0/s1. The zero-order chi connectivity index (χ0) is 20.3. The largest absolute Gasteiger partial charge is 0.453 e. The monoisotopic (exact) mass is 389 g/mol. The lowest BCUT2D eigenvalue weighted by atomic mass is 9.77. The van der Waals surface area contributed by atoms with Crippen LogP contribution >= 0.6 is 0 Å². The second-order valence-electron chi connectivity index (χ2n) is 7.29. The van der Waals surface area contributed by atoms with E-state index in [9.17, 15) is 24.3 Å². The van der Waals surface area contributed by atoms with Gasteiger partial charge in [0.1, 0.15) is 5.54 Å². The van der Waals surface area contributed by atoms with Crippen LogP contribution in [0, 0.1) is 5.92 Å². The zero-order valence-electron chi connectivity index (χ0n) is 15.5. The van der Waals surface area contributed by atoms with Gasteiger partial charge in [0.2, 0.25) is 0 Å². The Morgan fingerprint density at radius 3 is 2.57 bits per heavy atom. The molecule has 3 rings (SSSR count). The molecule has 1 atom stereocenters. The van der Waals surface area contributed by atoms with Crippen LogP contribution in [0.5, 0.6) is 0 Å². The fourth-order valence-electron chi connectivity index (χ4n) is 3.46. The van der Waals surface area contributed by atoms with Gasteiger partial charge >= 0.3 is 12.0 Å². The third-order valence-electron chi connectivity index (χ3n) is 5.21. The Bertz CT molecular complexity index is 773. The maximum atomic E-state index is 12.6. The maximum absolute atomic E-state index is 12.6. The number of hydrogen-bond donors (Lipinski definition) is 3. The summed E-state index contributed by atoms with van der Waals surface area (Å²) in [6.45, 7) is 1.36. The molecule has 9 heteroatoms. The molecule has 0 unspecified atom stereocenters. The Labute approximate surface area is 162 Å². The number of carbonyl (C=O) groups is 4. The number of amides is 4. The first-order chi connectivity index (χ1) is 13.3. The lowest BCUT2D eigenvalue weighted by molar-refractivity contribution is -0.158. The van der Waals surface area contributed by atoms with Crippen molar-refractivity contribution in [1.82, 2.24) is 15.8 Å². The average molecular weight is 389 g/mol. The predicted octanol–water partition coefficient (Wildman–Crippen LogP) is 0.795. The van der Waals surface area contributed by atoms with Gasteiger partial charge in [0.05, 0.1) is 0 Å². The number of hydrazine groups is 1. The van der Waals surface area contributed by atoms with Crippen LogP contribution in [0.2, 0.25) is 0 Å². The van der Waals surface area contributed by atoms with Gasteiger partial charge in [-0.15, -0.1) is 0 Å². The molecule has 1 aliphatic carbocycles. The SMILES string of the molecule is CC1CCC2(CC1)NC(=O)N(NC(=O)COC(=O)[C@@H](O)c1ccccc1)C2=O. The molecule has 1 heterocycles. The molecule has 3 N–H and O–H groups in total. The van der Waals surface area contributed by atoms with Crippen LogP contribution in [0.25, 0.3) is 0 Å². The van der Waals surface area contributed by atoms with Crippen LogP contribution in [0.15, 0.2) is 30.3 Å². The van der Waals surface area contributed by atoms with Gasteiger partial charge in [0, 0.05) is 0 Å². The van der Waals surface area contributed by atoms with Crippen molar-refractivity contribution in [1.29, 1.82) is 0 Å². The fourth-order valence-corrected chi connectivity index (χ4v) is 3.46. The molecule has 0 aromatic heterocycles. The summed E-state index contributed by atoms with van der Waals surface area (Å²) in [5.41, 5.74) is 1.52. The topological polar surface area (TPSA) is 125 Å². The highest BCUT2D eigenvalue weighted by atomic mass is 16.5. The number of hydrogen-bond acceptors (Lipinski definition) is 6. The summed E-state index contributed by atoms with van der Waals surface area (Å²) >= 11 is 0. The van der Waals surface area contributed by atoms with Gasteiger partial charge in [-0.3, -0.25) is 15.0 Å². The van der Waals surface area contributed by atoms with E-state index in [1.54, 1.807) is 30.3 Å². The molecule has 150 valence electrons.